The molecule has 0 spiro atoms. The second-order valence-corrected chi connectivity index (χ2v) is 4.15. The van der Waals surface area contributed by atoms with Crippen LogP contribution < -0.4 is 5.73 Å². The first-order chi connectivity index (χ1) is 7.26. The highest BCUT2D eigenvalue weighted by molar-refractivity contribution is 5.55. The van der Waals surface area contributed by atoms with Gasteiger partial charge in [0, 0.05) is 6.20 Å². The van der Waals surface area contributed by atoms with Gasteiger partial charge in [-0.15, -0.1) is 0 Å². The molecule has 15 heavy (non-hydrogen) atoms. The van der Waals surface area contributed by atoms with Gasteiger partial charge in [-0.1, -0.05) is 13.3 Å². The predicted octanol–water partition coefficient (Wildman–Crippen LogP) is 2.05. The average molecular weight is 201 g/mol. The standard InChI is InChI=1S/C12H15N3/c1-2-8-3-4-10-9(5-8)7-15-12(14)11(10)6-13/h7-8H,2-5H2,1H3,(H2,14,15). The number of nitrogens with zero attached hydrogens (tertiary/aromatic N) is 2. The predicted molar refractivity (Wildman–Crippen MR) is 59.2 cm³/mol. The van der Waals surface area contributed by atoms with Gasteiger partial charge in [-0.25, -0.2) is 4.98 Å². The first-order valence-corrected chi connectivity index (χ1v) is 5.42. The lowest BCUT2D eigenvalue weighted by atomic mass is 9.82. The first kappa shape index (κ1) is 9.97. The molecule has 0 saturated carbocycles. The minimum absolute atomic E-state index is 0.381. The van der Waals surface area contributed by atoms with Crippen molar-refractivity contribution in [1.29, 1.82) is 5.26 Å². The zero-order chi connectivity index (χ0) is 10.8. The van der Waals surface area contributed by atoms with Gasteiger partial charge in [0.25, 0.3) is 0 Å². The lowest BCUT2D eigenvalue weighted by molar-refractivity contribution is 0.444. The summed E-state index contributed by atoms with van der Waals surface area (Å²) < 4.78 is 0. The molecule has 2 N–H and O–H groups in total. The number of anilines is 1. The van der Waals surface area contributed by atoms with Crippen molar-refractivity contribution in [2.45, 2.75) is 32.6 Å². The van der Waals surface area contributed by atoms with Crippen LogP contribution in [0.15, 0.2) is 6.20 Å². The molecule has 1 unspecified atom stereocenters. The number of hydrogen-bond acceptors (Lipinski definition) is 3. The Morgan fingerprint density at radius 2 is 2.47 bits per heavy atom. The number of nitriles is 1. The maximum atomic E-state index is 9.03. The highest BCUT2D eigenvalue weighted by Crippen LogP contribution is 2.30. The molecule has 2 rings (SSSR count). The number of nitrogens with two attached hydrogens (primary N) is 1. The van der Waals surface area contributed by atoms with Crippen LogP contribution in [0.25, 0.3) is 0 Å². The summed E-state index contributed by atoms with van der Waals surface area (Å²) in [6.07, 6.45) is 6.23. The van der Waals surface area contributed by atoms with Crippen LogP contribution in [0.3, 0.4) is 0 Å². The zero-order valence-electron chi connectivity index (χ0n) is 8.95. The van der Waals surface area contributed by atoms with E-state index in [4.69, 9.17) is 11.0 Å². The van der Waals surface area contributed by atoms with E-state index in [1.165, 1.54) is 18.4 Å². The first-order valence-electron chi connectivity index (χ1n) is 5.42. The van der Waals surface area contributed by atoms with Gasteiger partial charge >= 0.3 is 0 Å². The Balaban J connectivity index is 2.43. The molecule has 1 atom stereocenters. The molecule has 1 aromatic rings. The third-order valence-electron chi connectivity index (χ3n) is 3.31. The van der Waals surface area contributed by atoms with Crippen molar-refractivity contribution >= 4 is 5.82 Å². The molecule has 1 aliphatic rings. The van der Waals surface area contributed by atoms with E-state index in [-0.39, 0.29) is 0 Å². The molecule has 78 valence electrons. The molecule has 0 fully saturated rings. The summed E-state index contributed by atoms with van der Waals surface area (Å²) in [5.74, 6) is 1.13. The van der Waals surface area contributed by atoms with Gasteiger partial charge in [-0.05, 0) is 36.3 Å². The summed E-state index contributed by atoms with van der Waals surface area (Å²) in [6, 6.07) is 2.17. The molecule has 0 amide bonds. The summed E-state index contributed by atoms with van der Waals surface area (Å²) in [4.78, 5) is 4.09. The monoisotopic (exact) mass is 201 g/mol. The van der Waals surface area contributed by atoms with Crippen LogP contribution in [-0.2, 0) is 12.8 Å². The fraction of sp³-hybridized carbons (Fsp3) is 0.500. The minimum atomic E-state index is 0.381. The largest absolute Gasteiger partial charge is 0.383 e. The Morgan fingerprint density at radius 3 is 3.13 bits per heavy atom. The lowest BCUT2D eigenvalue weighted by Crippen LogP contribution is -2.16. The van der Waals surface area contributed by atoms with Gasteiger partial charge in [0.15, 0.2) is 0 Å². The summed E-state index contributed by atoms with van der Waals surface area (Å²) in [5.41, 5.74) is 8.64. The Labute approximate surface area is 89.9 Å². The lowest BCUT2D eigenvalue weighted by Gasteiger charge is -2.24. The fourth-order valence-corrected chi connectivity index (χ4v) is 2.30. The van der Waals surface area contributed by atoms with Crippen molar-refractivity contribution in [2.24, 2.45) is 5.92 Å². The Kier molecular flexibility index (Phi) is 2.59. The highest BCUT2D eigenvalue weighted by atomic mass is 14.8. The van der Waals surface area contributed by atoms with Crippen LogP contribution >= 0.6 is 0 Å². The molecule has 0 saturated heterocycles. The second kappa shape index (κ2) is 3.90. The SMILES string of the molecule is CCC1CCc2c(cnc(N)c2C#N)C1. The van der Waals surface area contributed by atoms with Gasteiger partial charge in [0.05, 0.1) is 5.56 Å². The van der Waals surface area contributed by atoms with Crippen molar-refractivity contribution in [1.82, 2.24) is 4.98 Å². The molecule has 1 heterocycles. The summed E-state index contributed by atoms with van der Waals surface area (Å²) in [7, 11) is 0. The maximum Gasteiger partial charge on any atom is 0.141 e. The van der Waals surface area contributed by atoms with Crippen molar-refractivity contribution in [3.05, 3.63) is 22.9 Å². The third-order valence-corrected chi connectivity index (χ3v) is 3.31. The van der Waals surface area contributed by atoms with Crippen LogP contribution in [0.1, 0.15) is 36.5 Å². The molecule has 0 aliphatic heterocycles. The van der Waals surface area contributed by atoms with Crippen molar-refractivity contribution in [3.8, 4) is 6.07 Å². The van der Waals surface area contributed by atoms with Gasteiger partial charge < -0.3 is 5.73 Å². The van der Waals surface area contributed by atoms with Gasteiger partial charge in [-0.2, -0.15) is 5.26 Å². The molecule has 1 aliphatic carbocycles. The van der Waals surface area contributed by atoms with E-state index in [2.05, 4.69) is 18.0 Å². The Morgan fingerprint density at radius 1 is 1.67 bits per heavy atom. The topological polar surface area (TPSA) is 62.7 Å². The third kappa shape index (κ3) is 1.68. The summed E-state index contributed by atoms with van der Waals surface area (Å²) in [5, 5.41) is 9.03. The smallest absolute Gasteiger partial charge is 0.141 e. The van der Waals surface area contributed by atoms with Crippen LogP contribution in [0.5, 0.6) is 0 Å². The molecule has 1 aromatic heterocycles. The summed E-state index contributed by atoms with van der Waals surface area (Å²) >= 11 is 0. The van der Waals surface area contributed by atoms with E-state index in [1.54, 1.807) is 0 Å². The van der Waals surface area contributed by atoms with Crippen LogP contribution in [0, 0.1) is 17.2 Å². The molecular weight excluding hydrogens is 186 g/mol. The van der Waals surface area contributed by atoms with Crippen molar-refractivity contribution in [2.75, 3.05) is 5.73 Å². The molecule has 0 radical (unpaired) electrons. The fourth-order valence-electron chi connectivity index (χ4n) is 2.30. The van der Waals surface area contributed by atoms with Gasteiger partial charge in [0.1, 0.15) is 11.9 Å². The van der Waals surface area contributed by atoms with Crippen LogP contribution in [-0.4, -0.2) is 4.98 Å². The number of hydrogen-bond donors (Lipinski definition) is 1. The van der Waals surface area contributed by atoms with Crippen molar-refractivity contribution < 1.29 is 0 Å². The zero-order valence-corrected chi connectivity index (χ0v) is 8.95. The molecular formula is C12H15N3. The van der Waals surface area contributed by atoms with E-state index in [1.807, 2.05) is 6.20 Å². The Hall–Kier alpha value is -1.56. The molecule has 0 aromatic carbocycles. The highest BCUT2D eigenvalue weighted by Gasteiger charge is 2.21. The van der Waals surface area contributed by atoms with Gasteiger partial charge in [-0.3, -0.25) is 0 Å². The molecule has 3 heteroatoms. The normalized spacial score (nSPS) is 19.3. The van der Waals surface area contributed by atoms with Crippen molar-refractivity contribution in [3.63, 3.8) is 0 Å². The quantitative estimate of drug-likeness (QED) is 0.756. The number of aromatic nitrogens is 1. The number of pyridine rings is 1. The van der Waals surface area contributed by atoms with Crippen LogP contribution in [0.2, 0.25) is 0 Å². The van der Waals surface area contributed by atoms with E-state index in [9.17, 15) is 0 Å². The van der Waals surface area contributed by atoms with E-state index in [0.29, 0.717) is 11.4 Å². The second-order valence-electron chi connectivity index (χ2n) is 4.15. The number of rotatable bonds is 1. The average Bonchev–Trinajstić information content (AvgIpc) is 2.28. The van der Waals surface area contributed by atoms with Gasteiger partial charge in [0.2, 0.25) is 0 Å². The molecule has 0 bridgehead atoms. The minimum Gasteiger partial charge on any atom is -0.383 e. The van der Waals surface area contributed by atoms with E-state index in [0.717, 1.165) is 24.3 Å². The maximum absolute atomic E-state index is 9.03. The van der Waals surface area contributed by atoms with E-state index >= 15 is 0 Å². The number of fused-ring (bicyclic) bond motifs is 1. The molecule has 3 nitrogen and oxygen atoms in total. The number of nitrogen functional groups attached to an aromatic ring is 1. The Bertz CT molecular complexity index is 418. The summed E-state index contributed by atoms with van der Waals surface area (Å²) in [6.45, 7) is 2.21. The van der Waals surface area contributed by atoms with E-state index < -0.39 is 0 Å². The van der Waals surface area contributed by atoms with Crippen LogP contribution in [0.4, 0.5) is 5.82 Å².